The molecule has 0 aliphatic heterocycles. The zero-order valence-corrected chi connectivity index (χ0v) is 13.9. The summed E-state index contributed by atoms with van der Waals surface area (Å²) in [5.74, 6) is -1.92. The number of nitrogens with zero attached hydrogens (tertiary/aromatic N) is 1. The van der Waals surface area contributed by atoms with E-state index >= 15 is 0 Å². The van der Waals surface area contributed by atoms with E-state index in [1.807, 2.05) is 0 Å². The van der Waals surface area contributed by atoms with Gasteiger partial charge in [0, 0.05) is 18.7 Å². The van der Waals surface area contributed by atoms with Crippen LogP contribution in [0.5, 0.6) is 0 Å². The van der Waals surface area contributed by atoms with Crippen LogP contribution in [0.3, 0.4) is 0 Å². The molecule has 3 aromatic rings. The van der Waals surface area contributed by atoms with Crippen LogP contribution in [0.4, 0.5) is 4.39 Å². The smallest absolute Gasteiger partial charge is 0.335 e. The van der Waals surface area contributed by atoms with Gasteiger partial charge in [-0.25, -0.2) is 14.0 Å². The van der Waals surface area contributed by atoms with Gasteiger partial charge in [-0.1, -0.05) is 12.1 Å². The minimum Gasteiger partial charge on any atom is -0.478 e. The number of aromatic nitrogens is 1. The number of hydrogen-bond donors (Lipinski definition) is 2. The number of furan rings is 1. The molecule has 0 saturated heterocycles. The van der Waals surface area contributed by atoms with Gasteiger partial charge in [0.1, 0.15) is 17.3 Å². The van der Waals surface area contributed by atoms with Crippen LogP contribution in [0.25, 0.3) is 5.57 Å². The van der Waals surface area contributed by atoms with Gasteiger partial charge in [-0.05, 0) is 42.0 Å². The number of pyridine rings is 1. The number of carbonyl (C=O) groups is 2. The first kappa shape index (κ1) is 18.1. The number of aliphatic carboxylic acids is 1. The molecule has 0 fully saturated rings. The third-order valence-electron chi connectivity index (χ3n) is 3.77. The maximum Gasteiger partial charge on any atom is 0.335 e. The van der Waals surface area contributed by atoms with Crippen LogP contribution in [0, 0.1) is 5.82 Å². The van der Waals surface area contributed by atoms with E-state index in [4.69, 9.17) is 14.6 Å². The Kier molecular flexibility index (Phi) is 5.12. The predicted molar refractivity (Wildman–Crippen MR) is 93.8 cm³/mol. The fourth-order valence-corrected chi connectivity index (χ4v) is 2.53. The Hall–Kier alpha value is -3.74. The van der Waals surface area contributed by atoms with E-state index in [2.05, 4.69) is 4.98 Å². The third-order valence-corrected chi connectivity index (χ3v) is 3.77. The van der Waals surface area contributed by atoms with Crippen molar-refractivity contribution in [2.75, 3.05) is 0 Å². The minimum atomic E-state index is -1.22. The molecule has 0 aliphatic rings. The van der Waals surface area contributed by atoms with Crippen LogP contribution in [0.2, 0.25) is 0 Å². The van der Waals surface area contributed by atoms with Crippen LogP contribution in [0.15, 0.2) is 65.2 Å². The molecule has 6 nitrogen and oxygen atoms in total. The van der Waals surface area contributed by atoms with Crippen molar-refractivity contribution in [3.05, 3.63) is 95.0 Å². The maximum atomic E-state index is 13.0. The summed E-state index contributed by atoms with van der Waals surface area (Å²) < 4.78 is 18.7. The van der Waals surface area contributed by atoms with Gasteiger partial charge in [0.25, 0.3) is 0 Å². The summed E-state index contributed by atoms with van der Waals surface area (Å²) in [6, 6.07) is 11.8. The molecule has 0 radical (unpaired) electrons. The van der Waals surface area contributed by atoms with E-state index in [0.29, 0.717) is 12.2 Å². The van der Waals surface area contributed by atoms with Crippen molar-refractivity contribution in [3.63, 3.8) is 0 Å². The van der Waals surface area contributed by atoms with E-state index in [0.717, 1.165) is 11.6 Å². The van der Waals surface area contributed by atoms with Crippen LogP contribution >= 0.6 is 0 Å². The summed E-state index contributed by atoms with van der Waals surface area (Å²) in [5, 5.41) is 18.3. The van der Waals surface area contributed by atoms with Gasteiger partial charge in [0.15, 0.2) is 0 Å². The van der Waals surface area contributed by atoms with E-state index in [1.165, 1.54) is 30.5 Å². The first-order valence-corrected chi connectivity index (χ1v) is 7.90. The quantitative estimate of drug-likeness (QED) is 0.646. The molecule has 0 spiro atoms. The van der Waals surface area contributed by atoms with E-state index in [-0.39, 0.29) is 28.4 Å². The Balaban J connectivity index is 1.94. The molecule has 0 bridgehead atoms. The van der Waals surface area contributed by atoms with Gasteiger partial charge in [-0.15, -0.1) is 0 Å². The Morgan fingerprint density at radius 1 is 1.07 bits per heavy atom. The first-order valence-electron chi connectivity index (χ1n) is 7.90. The lowest BCUT2D eigenvalue weighted by molar-refractivity contribution is -0.131. The number of hydrogen-bond acceptors (Lipinski definition) is 4. The molecule has 0 aliphatic carbocycles. The van der Waals surface area contributed by atoms with Crippen molar-refractivity contribution in [2.45, 2.75) is 6.42 Å². The lowest BCUT2D eigenvalue weighted by atomic mass is 10.1. The zero-order chi connectivity index (χ0) is 19.4. The van der Waals surface area contributed by atoms with E-state index in [9.17, 15) is 14.0 Å². The monoisotopic (exact) mass is 367 g/mol. The maximum absolute atomic E-state index is 13.0. The summed E-state index contributed by atoms with van der Waals surface area (Å²) in [4.78, 5) is 26.4. The molecule has 27 heavy (non-hydrogen) atoms. The molecule has 2 aromatic heterocycles. The zero-order valence-electron chi connectivity index (χ0n) is 13.9. The summed E-state index contributed by atoms with van der Waals surface area (Å²) in [5.41, 5.74) is 1.12. The van der Waals surface area contributed by atoms with Crippen molar-refractivity contribution in [1.29, 1.82) is 0 Å². The van der Waals surface area contributed by atoms with Gasteiger partial charge < -0.3 is 14.6 Å². The molecule has 2 heterocycles. The summed E-state index contributed by atoms with van der Waals surface area (Å²) in [6.07, 6.45) is 2.59. The average molecular weight is 367 g/mol. The van der Waals surface area contributed by atoms with Gasteiger partial charge in [-0.2, -0.15) is 0 Å². The second-order valence-corrected chi connectivity index (χ2v) is 5.70. The summed E-state index contributed by atoms with van der Waals surface area (Å²) in [7, 11) is 0. The van der Waals surface area contributed by atoms with Crippen LogP contribution in [-0.4, -0.2) is 27.1 Å². The normalized spacial score (nSPS) is 11.4. The lowest BCUT2D eigenvalue weighted by Gasteiger charge is -2.05. The highest BCUT2D eigenvalue weighted by Crippen LogP contribution is 2.25. The van der Waals surface area contributed by atoms with Crippen molar-refractivity contribution >= 4 is 17.5 Å². The van der Waals surface area contributed by atoms with Crippen molar-refractivity contribution in [3.8, 4) is 0 Å². The molecule has 2 N–H and O–H groups in total. The third kappa shape index (κ3) is 4.46. The van der Waals surface area contributed by atoms with Crippen LogP contribution in [-0.2, 0) is 11.2 Å². The Morgan fingerprint density at radius 3 is 2.48 bits per heavy atom. The van der Waals surface area contributed by atoms with Gasteiger partial charge in [-0.3, -0.25) is 4.98 Å². The molecule has 7 heteroatoms. The lowest BCUT2D eigenvalue weighted by Crippen LogP contribution is -2.01. The molecule has 0 saturated carbocycles. The van der Waals surface area contributed by atoms with Crippen molar-refractivity contribution in [2.24, 2.45) is 0 Å². The van der Waals surface area contributed by atoms with Crippen molar-refractivity contribution in [1.82, 2.24) is 4.98 Å². The highest BCUT2D eigenvalue weighted by atomic mass is 19.1. The second-order valence-electron chi connectivity index (χ2n) is 5.70. The van der Waals surface area contributed by atoms with Crippen LogP contribution < -0.4 is 0 Å². The highest BCUT2D eigenvalue weighted by Gasteiger charge is 2.15. The standard InChI is InChI=1S/C20H14FNO5/c21-14-3-1-12(2-4-14)9-15-5-6-18(27-15)16(11-19(23)24)17-10-13(20(25)26)7-8-22-17/h1-8,10-11H,9H2,(H,23,24)(H,25,26). The molecular weight excluding hydrogens is 353 g/mol. The fourth-order valence-electron chi connectivity index (χ4n) is 2.53. The molecular formula is C20H14FNO5. The van der Waals surface area contributed by atoms with Gasteiger partial charge >= 0.3 is 11.9 Å². The van der Waals surface area contributed by atoms with Gasteiger partial charge in [0.2, 0.25) is 0 Å². The number of carboxylic acid groups (broad SMARTS) is 2. The van der Waals surface area contributed by atoms with Crippen molar-refractivity contribution < 1.29 is 28.6 Å². The Bertz CT molecular complexity index is 1020. The molecule has 3 rings (SSSR count). The summed E-state index contributed by atoms with van der Waals surface area (Å²) >= 11 is 0. The van der Waals surface area contributed by atoms with E-state index in [1.54, 1.807) is 24.3 Å². The first-order chi connectivity index (χ1) is 12.9. The average Bonchev–Trinajstić information content (AvgIpc) is 3.10. The molecule has 136 valence electrons. The largest absolute Gasteiger partial charge is 0.478 e. The molecule has 0 unspecified atom stereocenters. The second kappa shape index (κ2) is 7.65. The fraction of sp³-hybridized carbons (Fsp3) is 0.0500. The minimum absolute atomic E-state index is 0.0191. The van der Waals surface area contributed by atoms with E-state index < -0.39 is 11.9 Å². The number of rotatable bonds is 6. The predicted octanol–water partition coefficient (Wildman–Crippen LogP) is 3.62. The SMILES string of the molecule is O=C(O)C=C(c1cc(C(=O)O)ccn1)c1ccc(Cc2ccc(F)cc2)o1. The Morgan fingerprint density at radius 2 is 1.81 bits per heavy atom. The Labute approximate surface area is 153 Å². The highest BCUT2D eigenvalue weighted by molar-refractivity contribution is 5.95. The number of halogens is 1. The number of carboxylic acids is 2. The molecule has 1 aromatic carbocycles. The van der Waals surface area contributed by atoms with Gasteiger partial charge in [0.05, 0.1) is 16.8 Å². The van der Waals surface area contributed by atoms with Crippen LogP contribution in [0.1, 0.15) is 33.1 Å². The molecule has 0 atom stereocenters. The topological polar surface area (TPSA) is 101 Å². The summed E-state index contributed by atoms with van der Waals surface area (Å²) in [6.45, 7) is 0. The molecule has 0 amide bonds. The number of benzene rings is 1. The number of aromatic carboxylic acids is 1.